The maximum atomic E-state index is 9.86. The largest absolute Gasteiger partial charge is 0.493 e. The van der Waals surface area contributed by atoms with Gasteiger partial charge in [-0.05, 0) is 31.0 Å². The smallest absolute Gasteiger partial charge is 0.125 e. The van der Waals surface area contributed by atoms with Crippen LogP contribution in [0.3, 0.4) is 0 Å². The second-order valence-corrected chi connectivity index (χ2v) is 4.49. The fourth-order valence-corrected chi connectivity index (χ4v) is 2.22. The van der Waals surface area contributed by atoms with E-state index in [2.05, 4.69) is 15.9 Å². The van der Waals surface area contributed by atoms with Crippen LogP contribution in [0.2, 0.25) is 0 Å². The van der Waals surface area contributed by atoms with Crippen molar-refractivity contribution in [1.82, 2.24) is 0 Å². The molecule has 0 amide bonds. The molecule has 1 atom stereocenters. The molecule has 0 aromatic heterocycles. The molecule has 3 heteroatoms. The Hall–Kier alpha value is -0.540. The molecule has 0 radical (unpaired) electrons. The maximum Gasteiger partial charge on any atom is 0.125 e. The zero-order chi connectivity index (χ0) is 10.3. The fraction of sp³-hybridized carbons (Fsp3) is 0.455. The molecule has 0 aliphatic carbocycles. The predicted octanol–water partition coefficient (Wildman–Crippen LogP) is 2.88. The molecule has 0 bridgehead atoms. The third kappa shape index (κ3) is 1.44. The number of hydrogen-bond donors (Lipinski definition) is 1. The summed E-state index contributed by atoms with van der Waals surface area (Å²) in [4.78, 5) is 0. The van der Waals surface area contributed by atoms with Crippen molar-refractivity contribution < 1.29 is 9.84 Å². The first-order valence-electron chi connectivity index (χ1n) is 4.71. The fourth-order valence-electron chi connectivity index (χ4n) is 1.89. The third-order valence-corrected chi connectivity index (χ3v) is 3.89. The van der Waals surface area contributed by atoms with E-state index in [4.69, 9.17) is 4.74 Å². The molecule has 0 spiro atoms. The summed E-state index contributed by atoms with van der Waals surface area (Å²) in [5.74, 6) is 0.835. The maximum absolute atomic E-state index is 9.86. The molecule has 0 unspecified atom stereocenters. The van der Waals surface area contributed by atoms with Crippen LogP contribution in [0.5, 0.6) is 5.75 Å². The number of aryl methyl sites for hydroxylation is 1. The van der Waals surface area contributed by atoms with Crippen molar-refractivity contribution in [1.29, 1.82) is 0 Å². The van der Waals surface area contributed by atoms with Crippen molar-refractivity contribution in [3.8, 4) is 5.75 Å². The normalized spacial score (nSPS) is 20.1. The number of ether oxygens (including phenoxy) is 1. The summed E-state index contributed by atoms with van der Waals surface area (Å²) in [5.41, 5.74) is 3.18. The van der Waals surface area contributed by atoms with E-state index in [0.717, 1.165) is 26.9 Å². The minimum Gasteiger partial charge on any atom is -0.493 e. The van der Waals surface area contributed by atoms with Gasteiger partial charge < -0.3 is 9.84 Å². The molecule has 1 aromatic carbocycles. The van der Waals surface area contributed by atoms with Gasteiger partial charge in [0, 0.05) is 16.5 Å². The Morgan fingerprint density at radius 1 is 1.50 bits per heavy atom. The van der Waals surface area contributed by atoms with E-state index in [1.54, 1.807) is 0 Å². The van der Waals surface area contributed by atoms with Gasteiger partial charge in [-0.1, -0.05) is 15.9 Å². The lowest BCUT2D eigenvalue weighted by Crippen LogP contribution is -2.15. The molecule has 1 aliphatic rings. The molecule has 76 valence electrons. The Bertz CT molecular complexity index is 374. The number of halogens is 1. The summed E-state index contributed by atoms with van der Waals surface area (Å²) in [5, 5.41) is 9.86. The summed E-state index contributed by atoms with van der Waals surface area (Å²) in [7, 11) is 0. The van der Waals surface area contributed by atoms with Crippen molar-refractivity contribution in [3.63, 3.8) is 0 Å². The number of rotatable bonds is 0. The van der Waals surface area contributed by atoms with E-state index in [-0.39, 0.29) is 6.10 Å². The molecule has 1 aliphatic heterocycles. The van der Waals surface area contributed by atoms with Gasteiger partial charge in [0.25, 0.3) is 0 Å². The van der Waals surface area contributed by atoms with E-state index in [9.17, 15) is 5.11 Å². The molecule has 14 heavy (non-hydrogen) atoms. The van der Waals surface area contributed by atoms with Gasteiger partial charge in [-0.25, -0.2) is 0 Å². The predicted molar refractivity (Wildman–Crippen MR) is 58.7 cm³/mol. The molecule has 1 heterocycles. The minimum absolute atomic E-state index is 0.379. The first-order chi connectivity index (χ1) is 6.61. The van der Waals surface area contributed by atoms with Crippen LogP contribution in [0.4, 0.5) is 0 Å². The lowest BCUT2D eigenvalue weighted by Gasteiger charge is -2.25. The molecular formula is C11H13BrO2. The topological polar surface area (TPSA) is 29.5 Å². The van der Waals surface area contributed by atoms with E-state index >= 15 is 0 Å². The molecular weight excluding hydrogens is 244 g/mol. The van der Waals surface area contributed by atoms with E-state index in [1.165, 1.54) is 0 Å². The summed E-state index contributed by atoms with van der Waals surface area (Å²) < 4.78 is 6.60. The standard InChI is InChI=1S/C11H13BrO2/c1-6-5-9-10(7(2)11(6)12)8(13)3-4-14-9/h5,8,13H,3-4H2,1-2H3/t8-/m1/s1. The third-order valence-electron chi connectivity index (χ3n) is 2.67. The van der Waals surface area contributed by atoms with Gasteiger partial charge in [-0.3, -0.25) is 0 Å². The van der Waals surface area contributed by atoms with Gasteiger partial charge in [-0.15, -0.1) is 0 Å². The Labute approximate surface area is 92.0 Å². The van der Waals surface area contributed by atoms with Crippen LogP contribution >= 0.6 is 15.9 Å². The molecule has 2 nitrogen and oxygen atoms in total. The van der Waals surface area contributed by atoms with E-state index < -0.39 is 0 Å². The SMILES string of the molecule is Cc1cc2c(c(C)c1Br)[C@H](O)CCO2. The van der Waals surface area contributed by atoms with Gasteiger partial charge in [0.2, 0.25) is 0 Å². The van der Waals surface area contributed by atoms with Crippen molar-refractivity contribution in [2.24, 2.45) is 0 Å². The molecule has 0 saturated heterocycles. The summed E-state index contributed by atoms with van der Waals surface area (Å²) in [6, 6.07) is 1.98. The highest BCUT2D eigenvalue weighted by atomic mass is 79.9. The first-order valence-corrected chi connectivity index (χ1v) is 5.51. The van der Waals surface area contributed by atoms with Crippen LogP contribution in [-0.2, 0) is 0 Å². The number of aliphatic hydroxyl groups is 1. The first kappa shape index (κ1) is 9.99. The molecule has 1 aromatic rings. The Morgan fingerprint density at radius 3 is 2.93 bits per heavy atom. The van der Waals surface area contributed by atoms with Crippen LogP contribution in [0.25, 0.3) is 0 Å². The highest BCUT2D eigenvalue weighted by Crippen LogP contribution is 2.39. The average molecular weight is 257 g/mol. The Morgan fingerprint density at radius 2 is 2.21 bits per heavy atom. The second-order valence-electron chi connectivity index (χ2n) is 3.70. The summed E-state index contributed by atoms with van der Waals surface area (Å²) in [6.45, 7) is 4.64. The number of fused-ring (bicyclic) bond motifs is 1. The Kier molecular flexibility index (Phi) is 2.54. The van der Waals surface area contributed by atoms with Crippen molar-refractivity contribution >= 4 is 15.9 Å². The highest BCUT2D eigenvalue weighted by Gasteiger charge is 2.23. The van der Waals surface area contributed by atoms with Crippen molar-refractivity contribution in [3.05, 3.63) is 27.2 Å². The second kappa shape index (κ2) is 3.55. The Balaban J connectivity index is 2.64. The van der Waals surface area contributed by atoms with Crippen LogP contribution in [-0.4, -0.2) is 11.7 Å². The van der Waals surface area contributed by atoms with Crippen LogP contribution in [0.1, 0.15) is 29.2 Å². The van der Waals surface area contributed by atoms with Crippen LogP contribution in [0, 0.1) is 13.8 Å². The zero-order valence-corrected chi connectivity index (χ0v) is 9.89. The monoisotopic (exact) mass is 256 g/mol. The van der Waals surface area contributed by atoms with Gasteiger partial charge in [0.05, 0.1) is 12.7 Å². The molecule has 0 saturated carbocycles. The van der Waals surface area contributed by atoms with Gasteiger partial charge in [-0.2, -0.15) is 0 Å². The minimum atomic E-state index is -0.379. The van der Waals surface area contributed by atoms with Crippen molar-refractivity contribution in [2.75, 3.05) is 6.61 Å². The number of benzene rings is 1. The van der Waals surface area contributed by atoms with Gasteiger partial charge in [0.1, 0.15) is 5.75 Å². The molecule has 1 N–H and O–H groups in total. The highest BCUT2D eigenvalue weighted by molar-refractivity contribution is 9.10. The zero-order valence-electron chi connectivity index (χ0n) is 8.30. The van der Waals surface area contributed by atoms with Crippen molar-refractivity contribution in [2.45, 2.75) is 26.4 Å². The van der Waals surface area contributed by atoms with E-state index in [1.807, 2.05) is 19.9 Å². The van der Waals surface area contributed by atoms with Gasteiger partial charge >= 0.3 is 0 Å². The summed E-state index contributed by atoms with van der Waals surface area (Å²) >= 11 is 3.52. The summed E-state index contributed by atoms with van der Waals surface area (Å²) in [6.07, 6.45) is 0.305. The lowest BCUT2D eigenvalue weighted by molar-refractivity contribution is 0.114. The average Bonchev–Trinajstić information content (AvgIpc) is 2.14. The van der Waals surface area contributed by atoms with E-state index in [0.29, 0.717) is 13.0 Å². The lowest BCUT2D eigenvalue weighted by atomic mass is 9.96. The van der Waals surface area contributed by atoms with Crippen LogP contribution < -0.4 is 4.74 Å². The molecule has 0 fully saturated rings. The number of hydrogen-bond acceptors (Lipinski definition) is 2. The quantitative estimate of drug-likeness (QED) is 0.774. The number of aliphatic hydroxyl groups excluding tert-OH is 1. The molecule has 2 rings (SSSR count). The van der Waals surface area contributed by atoms with Gasteiger partial charge in [0.15, 0.2) is 0 Å². The van der Waals surface area contributed by atoms with Crippen LogP contribution in [0.15, 0.2) is 10.5 Å².